The number of ether oxygens (including phenoxy) is 1. The maximum absolute atomic E-state index is 13.2. The predicted molar refractivity (Wildman–Crippen MR) is 70.7 cm³/mol. The van der Waals surface area contributed by atoms with Crippen molar-refractivity contribution in [1.29, 1.82) is 0 Å². The van der Waals surface area contributed by atoms with Crippen molar-refractivity contribution in [2.24, 2.45) is 5.92 Å². The molecule has 1 fully saturated rings. The van der Waals surface area contributed by atoms with Gasteiger partial charge >= 0.3 is 0 Å². The molecule has 0 bridgehead atoms. The molecule has 4 nitrogen and oxygen atoms in total. The van der Waals surface area contributed by atoms with Crippen LogP contribution in [0.4, 0.5) is 4.39 Å². The molecule has 5 heteroatoms. The third-order valence-corrected chi connectivity index (χ3v) is 3.47. The Hall–Kier alpha value is -1.62. The van der Waals surface area contributed by atoms with Crippen molar-refractivity contribution in [2.75, 3.05) is 33.8 Å². The first kappa shape index (κ1) is 13.8. The Morgan fingerprint density at radius 2 is 2.26 bits per heavy atom. The van der Waals surface area contributed by atoms with Gasteiger partial charge in [0, 0.05) is 26.7 Å². The minimum Gasteiger partial charge on any atom is -0.496 e. The molecular weight excluding hydrogens is 247 g/mol. The van der Waals surface area contributed by atoms with E-state index in [9.17, 15) is 9.18 Å². The lowest BCUT2D eigenvalue weighted by Crippen LogP contribution is -2.51. The molecule has 0 spiro atoms. The fourth-order valence-corrected chi connectivity index (χ4v) is 2.12. The van der Waals surface area contributed by atoms with E-state index in [1.54, 1.807) is 25.1 Å². The van der Waals surface area contributed by atoms with E-state index in [1.807, 2.05) is 0 Å². The third kappa shape index (κ3) is 3.23. The van der Waals surface area contributed by atoms with Gasteiger partial charge in [0.25, 0.3) is 0 Å². The van der Waals surface area contributed by atoms with Gasteiger partial charge in [-0.25, -0.2) is 4.39 Å². The highest BCUT2D eigenvalue weighted by Crippen LogP contribution is 2.20. The smallest absolute Gasteiger partial charge is 0.228 e. The number of carbonyl (C=O) groups excluding carboxylic acids is 1. The van der Waals surface area contributed by atoms with Crippen molar-refractivity contribution in [3.63, 3.8) is 0 Å². The molecule has 1 aliphatic rings. The summed E-state index contributed by atoms with van der Waals surface area (Å²) in [6.45, 7) is 2.08. The lowest BCUT2D eigenvalue weighted by molar-refractivity contribution is -0.135. The average Bonchev–Trinajstić information content (AvgIpc) is 2.34. The molecule has 104 valence electrons. The molecule has 0 aromatic heterocycles. The number of halogens is 1. The molecule has 0 radical (unpaired) electrons. The fraction of sp³-hybridized carbons (Fsp3) is 0.500. The van der Waals surface area contributed by atoms with Crippen LogP contribution in [-0.4, -0.2) is 44.6 Å². The number of hydrogen-bond donors (Lipinski definition) is 1. The van der Waals surface area contributed by atoms with E-state index in [-0.39, 0.29) is 17.6 Å². The van der Waals surface area contributed by atoms with Gasteiger partial charge in [0.1, 0.15) is 11.6 Å². The second-order valence-corrected chi connectivity index (χ2v) is 4.82. The lowest BCUT2D eigenvalue weighted by atomic mass is 10.0. The van der Waals surface area contributed by atoms with Gasteiger partial charge in [-0.2, -0.15) is 0 Å². The van der Waals surface area contributed by atoms with Gasteiger partial charge in [-0.1, -0.05) is 0 Å². The third-order valence-electron chi connectivity index (χ3n) is 3.47. The Kier molecular flexibility index (Phi) is 4.37. The molecule has 1 N–H and O–H groups in total. The maximum atomic E-state index is 13.2. The van der Waals surface area contributed by atoms with Crippen LogP contribution in [0.1, 0.15) is 5.56 Å². The van der Waals surface area contributed by atoms with Crippen molar-refractivity contribution in [1.82, 2.24) is 10.2 Å². The minimum atomic E-state index is -0.284. The van der Waals surface area contributed by atoms with E-state index < -0.39 is 0 Å². The van der Waals surface area contributed by atoms with Gasteiger partial charge in [-0.15, -0.1) is 0 Å². The van der Waals surface area contributed by atoms with Crippen LogP contribution in [0, 0.1) is 11.7 Å². The van der Waals surface area contributed by atoms with Gasteiger partial charge in [0.2, 0.25) is 5.91 Å². The van der Waals surface area contributed by atoms with Crippen LogP contribution < -0.4 is 10.1 Å². The second kappa shape index (κ2) is 6.02. The molecule has 19 heavy (non-hydrogen) atoms. The summed E-state index contributed by atoms with van der Waals surface area (Å²) < 4.78 is 18.4. The molecule has 1 amide bonds. The van der Waals surface area contributed by atoms with Gasteiger partial charge in [-0.05, 0) is 30.2 Å². The molecule has 0 aliphatic carbocycles. The minimum absolute atomic E-state index is 0.0967. The number of carbonyl (C=O) groups is 1. The zero-order valence-corrected chi connectivity index (χ0v) is 11.3. The van der Waals surface area contributed by atoms with Crippen molar-refractivity contribution in [3.8, 4) is 5.75 Å². The largest absolute Gasteiger partial charge is 0.496 e. The molecule has 1 aromatic carbocycles. The molecule has 2 rings (SSSR count). The summed E-state index contributed by atoms with van der Waals surface area (Å²) in [6, 6.07) is 4.45. The number of nitrogens with zero attached hydrogens (tertiary/aromatic N) is 1. The van der Waals surface area contributed by atoms with Gasteiger partial charge < -0.3 is 15.0 Å². The molecule has 0 atom stereocenters. The fourth-order valence-electron chi connectivity index (χ4n) is 2.12. The van der Waals surface area contributed by atoms with Crippen molar-refractivity contribution >= 4 is 5.91 Å². The Balaban J connectivity index is 1.94. The van der Waals surface area contributed by atoms with Crippen molar-refractivity contribution in [3.05, 3.63) is 29.6 Å². The SMILES string of the molecule is COc1ccc(F)cc1CCN(C)C(=O)C1CNC1. The van der Waals surface area contributed by atoms with Crippen LogP contribution >= 0.6 is 0 Å². The summed E-state index contributed by atoms with van der Waals surface area (Å²) in [7, 11) is 3.35. The number of rotatable bonds is 5. The van der Waals surface area contributed by atoms with E-state index >= 15 is 0 Å². The molecule has 0 unspecified atom stereocenters. The Bertz CT molecular complexity index is 461. The van der Waals surface area contributed by atoms with Gasteiger partial charge in [-0.3, -0.25) is 4.79 Å². The van der Waals surface area contributed by atoms with E-state index in [0.29, 0.717) is 18.7 Å². The van der Waals surface area contributed by atoms with Crippen molar-refractivity contribution in [2.45, 2.75) is 6.42 Å². The highest BCUT2D eigenvalue weighted by molar-refractivity contribution is 5.79. The quantitative estimate of drug-likeness (QED) is 0.866. The second-order valence-electron chi connectivity index (χ2n) is 4.82. The number of methoxy groups -OCH3 is 1. The van der Waals surface area contributed by atoms with Crippen molar-refractivity contribution < 1.29 is 13.9 Å². The normalized spacial score (nSPS) is 14.9. The lowest BCUT2D eigenvalue weighted by Gasteiger charge is -2.30. The Morgan fingerprint density at radius 3 is 2.84 bits per heavy atom. The van der Waals surface area contributed by atoms with E-state index in [1.165, 1.54) is 12.1 Å². The maximum Gasteiger partial charge on any atom is 0.228 e. The first-order chi connectivity index (χ1) is 9.11. The van der Waals surface area contributed by atoms with Crippen LogP contribution in [-0.2, 0) is 11.2 Å². The number of likely N-dealkylation sites (N-methyl/N-ethyl adjacent to an activating group) is 1. The topological polar surface area (TPSA) is 41.6 Å². The Labute approximate surface area is 112 Å². The molecule has 1 heterocycles. The molecule has 0 saturated carbocycles. The Morgan fingerprint density at radius 1 is 1.53 bits per heavy atom. The van der Waals surface area contributed by atoms with Gasteiger partial charge in [0.15, 0.2) is 0 Å². The number of benzene rings is 1. The van der Waals surface area contributed by atoms with Crippen LogP contribution in [0.5, 0.6) is 5.75 Å². The van der Waals surface area contributed by atoms with E-state index in [4.69, 9.17) is 4.74 Å². The molecule has 1 aliphatic heterocycles. The molecule has 1 aromatic rings. The first-order valence-electron chi connectivity index (χ1n) is 6.40. The first-order valence-corrected chi connectivity index (χ1v) is 6.40. The number of nitrogens with one attached hydrogen (secondary N) is 1. The zero-order chi connectivity index (χ0) is 13.8. The average molecular weight is 266 g/mol. The summed E-state index contributed by atoms with van der Waals surface area (Å²) in [5.74, 6) is 0.619. The summed E-state index contributed by atoms with van der Waals surface area (Å²) in [4.78, 5) is 13.7. The monoisotopic (exact) mass is 266 g/mol. The summed E-state index contributed by atoms with van der Waals surface area (Å²) in [5.41, 5.74) is 0.786. The van der Waals surface area contributed by atoms with Crippen LogP contribution in [0.25, 0.3) is 0 Å². The number of hydrogen-bond acceptors (Lipinski definition) is 3. The number of amides is 1. The van der Waals surface area contributed by atoms with Crippen LogP contribution in [0.2, 0.25) is 0 Å². The summed E-state index contributed by atoms with van der Waals surface area (Å²) >= 11 is 0. The predicted octanol–water partition coefficient (Wildman–Crippen LogP) is 1.05. The summed E-state index contributed by atoms with van der Waals surface area (Å²) in [5, 5.41) is 3.08. The highest BCUT2D eigenvalue weighted by atomic mass is 19.1. The van der Waals surface area contributed by atoms with Crippen LogP contribution in [0.15, 0.2) is 18.2 Å². The zero-order valence-electron chi connectivity index (χ0n) is 11.3. The standard InChI is InChI=1S/C14H19FN2O2/c1-17(14(18)11-8-16-9-11)6-5-10-7-12(15)3-4-13(10)19-2/h3-4,7,11,16H,5-6,8-9H2,1-2H3. The molecule has 1 saturated heterocycles. The van der Waals surface area contributed by atoms with E-state index in [0.717, 1.165) is 18.7 Å². The highest BCUT2D eigenvalue weighted by Gasteiger charge is 2.27. The van der Waals surface area contributed by atoms with Crippen LogP contribution in [0.3, 0.4) is 0 Å². The summed E-state index contributed by atoms with van der Waals surface area (Å²) in [6.07, 6.45) is 0.587. The van der Waals surface area contributed by atoms with E-state index in [2.05, 4.69) is 5.32 Å². The molecular formula is C14H19FN2O2. The van der Waals surface area contributed by atoms with Gasteiger partial charge in [0.05, 0.1) is 13.0 Å².